The van der Waals surface area contributed by atoms with Gasteiger partial charge in [0.2, 0.25) is 0 Å². The Morgan fingerprint density at radius 2 is 0.978 bits per heavy atom. The summed E-state index contributed by atoms with van der Waals surface area (Å²) in [5.41, 5.74) is 6.40. The molecule has 0 amide bonds. The molecule has 7 aromatic carbocycles. The molecule has 0 radical (unpaired) electrons. The number of para-hydroxylation sites is 1. The van der Waals surface area contributed by atoms with Crippen molar-refractivity contribution >= 4 is 116 Å². The number of thiophene rings is 3. The van der Waals surface area contributed by atoms with E-state index >= 15 is 0 Å². The number of fused-ring (bicyclic) bond motifs is 13. The molecule has 11 aromatic rings. The third-order valence-corrected chi connectivity index (χ3v) is 13.1. The van der Waals surface area contributed by atoms with Gasteiger partial charge in [-0.05, 0) is 42.0 Å². The SMILES string of the molecule is c1ccc2c(c1)sc1c(-c3cccc4sc5cc(-n6c7ccccc7c7ccc8c9ccccc9sc8c76)ccc5c34)cccc12. The van der Waals surface area contributed by atoms with Crippen molar-refractivity contribution in [3.8, 4) is 16.8 Å². The van der Waals surface area contributed by atoms with E-state index in [0.717, 1.165) is 0 Å². The van der Waals surface area contributed by atoms with Crippen molar-refractivity contribution in [3.63, 3.8) is 0 Å². The summed E-state index contributed by atoms with van der Waals surface area (Å²) in [5.74, 6) is 0. The van der Waals surface area contributed by atoms with E-state index in [2.05, 4.69) is 144 Å². The molecule has 0 saturated heterocycles. The zero-order valence-corrected chi connectivity index (χ0v) is 26.9. The van der Waals surface area contributed by atoms with Gasteiger partial charge in [0, 0.05) is 77.8 Å². The minimum absolute atomic E-state index is 1.21. The highest BCUT2D eigenvalue weighted by molar-refractivity contribution is 7.27. The number of hydrogen-bond donors (Lipinski definition) is 0. The van der Waals surface area contributed by atoms with Gasteiger partial charge >= 0.3 is 0 Å². The Bertz CT molecular complexity index is 3040. The first kappa shape index (κ1) is 25.2. The van der Waals surface area contributed by atoms with Crippen LogP contribution in [0.4, 0.5) is 0 Å². The Kier molecular flexibility index (Phi) is 5.08. The molecule has 214 valence electrons. The molecular formula is C42H23NS3. The molecule has 4 aromatic heterocycles. The van der Waals surface area contributed by atoms with Gasteiger partial charge in [0.05, 0.1) is 15.7 Å². The molecule has 0 saturated carbocycles. The Balaban J connectivity index is 1.19. The zero-order valence-electron chi connectivity index (χ0n) is 24.5. The first-order valence-corrected chi connectivity index (χ1v) is 18.0. The summed E-state index contributed by atoms with van der Waals surface area (Å²) in [6, 6.07) is 51.9. The summed E-state index contributed by atoms with van der Waals surface area (Å²) < 4.78 is 10.5. The van der Waals surface area contributed by atoms with Crippen LogP contribution in [-0.4, -0.2) is 4.57 Å². The summed E-state index contributed by atoms with van der Waals surface area (Å²) in [4.78, 5) is 0. The Labute approximate surface area is 275 Å². The van der Waals surface area contributed by atoms with Crippen LogP contribution in [-0.2, 0) is 0 Å². The highest BCUT2D eigenvalue weighted by Crippen LogP contribution is 2.47. The van der Waals surface area contributed by atoms with Crippen molar-refractivity contribution in [2.24, 2.45) is 0 Å². The van der Waals surface area contributed by atoms with E-state index in [1.165, 1.54) is 99.1 Å². The van der Waals surface area contributed by atoms with Crippen LogP contribution < -0.4 is 0 Å². The lowest BCUT2D eigenvalue weighted by Gasteiger charge is -2.10. The third kappa shape index (κ3) is 3.33. The normalized spacial score (nSPS) is 12.3. The van der Waals surface area contributed by atoms with E-state index < -0.39 is 0 Å². The van der Waals surface area contributed by atoms with Crippen LogP contribution in [0.5, 0.6) is 0 Å². The average molecular weight is 638 g/mol. The fourth-order valence-electron chi connectivity index (χ4n) is 7.64. The zero-order chi connectivity index (χ0) is 29.9. The van der Waals surface area contributed by atoms with Gasteiger partial charge in [-0.1, -0.05) is 103 Å². The van der Waals surface area contributed by atoms with Crippen LogP contribution in [0.3, 0.4) is 0 Å². The standard InChI is InChI=1S/C42H23NS3/c1-4-15-34-25(9-1)29-21-22-32-27-11-3-6-17-36(27)46-42(32)40(29)43(34)24-19-20-33-38(23-24)44-37-18-8-12-28(39(33)37)31-14-7-13-30-26-10-2-5-16-35(26)45-41(30)31/h1-23H. The van der Waals surface area contributed by atoms with Gasteiger partial charge < -0.3 is 4.57 Å². The topological polar surface area (TPSA) is 4.93 Å². The maximum Gasteiger partial charge on any atom is 0.0719 e. The van der Waals surface area contributed by atoms with E-state index in [0.29, 0.717) is 0 Å². The van der Waals surface area contributed by atoms with Crippen molar-refractivity contribution in [1.29, 1.82) is 0 Å². The molecule has 4 heteroatoms. The second-order valence-electron chi connectivity index (χ2n) is 12.0. The largest absolute Gasteiger partial charge is 0.308 e. The minimum Gasteiger partial charge on any atom is -0.308 e. The predicted octanol–water partition coefficient (Wildman–Crippen LogP) is 13.6. The molecule has 0 spiro atoms. The second kappa shape index (κ2) is 9.27. The number of hydrogen-bond acceptors (Lipinski definition) is 3. The van der Waals surface area contributed by atoms with Gasteiger partial charge in [-0.15, -0.1) is 34.0 Å². The fourth-order valence-corrected chi connectivity index (χ4v) is 11.3. The van der Waals surface area contributed by atoms with Crippen LogP contribution in [0.2, 0.25) is 0 Å². The number of aromatic nitrogens is 1. The molecular weight excluding hydrogens is 615 g/mol. The van der Waals surface area contributed by atoms with Gasteiger partial charge in [0.1, 0.15) is 0 Å². The maximum absolute atomic E-state index is 2.51. The summed E-state index contributed by atoms with van der Waals surface area (Å²) in [6.45, 7) is 0. The summed E-state index contributed by atoms with van der Waals surface area (Å²) in [6.07, 6.45) is 0. The van der Waals surface area contributed by atoms with Crippen molar-refractivity contribution in [2.45, 2.75) is 0 Å². The van der Waals surface area contributed by atoms with Crippen molar-refractivity contribution < 1.29 is 0 Å². The lowest BCUT2D eigenvalue weighted by atomic mass is 9.98. The number of rotatable bonds is 2. The Hall–Kier alpha value is -5.00. The molecule has 0 aliphatic heterocycles. The van der Waals surface area contributed by atoms with Crippen molar-refractivity contribution in [2.75, 3.05) is 0 Å². The molecule has 11 rings (SSSR count). The molecule has 0 atom stereocenters. The summed E-state index contributed by atoms with van der Waals surface area (Å²) in [5, 5.41) is 10.6. The van der Waals surface area contributed by atoms with Crippen LogP contribution in [0.15, 0.2) is 140 Å². The quantitative estimate of drug-likeness (QED) is 0.178. The predicted molar refractivity (Wildman–Crippen MR) is 205 cm³/mol. The van der Waals surface area contributed by atoms with E-state index in [1.807, 2.05) is 34.0 Å². The number of nitrogens with zero attached hydrogens (tertiary/aromatic N) is 1. The first-order chi connectivity index (χ1) is 22.8. The first-order valence-electron chi connectivity index (χ1n) is 15.5. The van der Waals surface area contributed by atoms with Crippen LogP contribution in [0, 0.1) is 0 Å². The molecule has 0 bridgehead atoms. The van der Waals surface area contributed by atoms with E-state index in [1.54, 1.807) is 0 Å². The van der Waals surface area contributed by atoms with Crippen molar-refractivity contribution in [1.82, 2.24) is 4.57 Å². The highest BCUT2D eigenvalue weighted by Gasteiger charge is 2.20. The third-order valence-electron chi connectivity index (χ3n) is 9.61. The molecule has 0 fully saturated rings. The van der Waals surface area contributed by atoms with E-state index in [4.69, 9.17) is 0 Å². The van der Waals surface area contributed by atoms with E-state index in [-0.39, 0.29) is 0 Å². The monoisotopic (exact) mass is 637 g/mol. The van der Waals surface area contributed by atoms with Crippen LogP contribution >= 0.6 is 34.0 Å². The smallest absolute Gasteiger partial charge is 0.0719 e. The Morgan fingerprint density at radius 1 is 0.370 bits per heavy atom. The fraction of sp³-hybridized carbons (Fsp3) is 0. The van der Waals surface area contributed by atoms with Crippen LogP contribution in [0.25, 0.3) is 99.1 Å². The molecule has 46 heavy (non-hydrogen) atoms. The lowest BCUT2D eigenvalue weighted by molar-refractivity contribution is 1.19. The van der Waals surface area contributed by atoms with Gasteiger partial charge in [-0.2, -0.15) is 0 Å². The molecule has 0 unspecified atom stereocenters. The molecule has 1 nitrogen and oxygen atoms in total. The van der Waals surface area contributed by atoms with Crippen LogP contribution in [0.1, 0.15) is 0 Å². The minimum atomic E-state index is 1.21. The summed E-state index contributed by atoms with van der Waals surface area (Å²) >= 11 is 5.72. The molecule has 0 aliphatic rings. The molecule has 0 N–H and O–H groups in total. The molecule has 0 aliphatic carbocycles. The second-order valence-corrected chi connectivity index (χ2v) is 15.2. The van der Waals surface area contributed by atoms with Gasteiger partial charge in [0.15, 0.2) is 0 Å². The Morgan fingerprint density at radius 3 is 1.83 bits per heavy atom. The lowest BCUT2D eigenvalue weighted by Crippen LogP contribution is -1.93. The number of benzene rings is 7. The van der Waals surface area contributed by atoms with Gasteiger partial charge in [-0.3, -0.25) is 0 Å². The summed E-state index contributed by atoms with van der Waals surface area (Å²) in [7, 11) is 0. The average Bonchev–Trinajstić information content (AvgIpc) is 3.86. The van der Waals surface area contributed by atoms with Gasteiger partial charge in [0.25, 0.3) is 0 Å². The van der Waals surface area contributed by atoms with Gasteiger partial charge in [-0.25, -0.2) is 0 Å². The maximum atomic E-state index is 2.51. The highest BCUT2D eigenvalue weighted by atomic mass is 32.1. The molecule has 4 heterocycles. The van der Waals surface area contributed by atoms with Crippen molar-refractivity contribution in [3.05, 3.63) is 140 Å². The van der Waals surface area contributed by atoms with E-state index in [9.17, 15) is 0 Å².